The number of hydrogen-bond donors (Lipinski definition) is 0. The van der Waals surface area contributed by atoms with E-state index in [4.69, 9.17) is 18.9 Å². The van der Waals surface area contributed by atoms with Gasteiger partial charge in [0.15, 0.2) is 6.29 Å². The van der Waals surface area contributed by atoms with Crippen LogP contribution in [-0.2, 0) is 28.5 Å². The highest BCUT2D eigenvalue weighted by atomic mass is 16.7. The lowest BCUT2D eigenvalue weighted by Gasteiger charge is -2.38. The zero-order valence-electron chi connectivity index (χ0n) is 11.8. The Hall–Kier alpha value is -1.40. The summed E-state index contributed by atoms with van der Waals surface area (Å²) in [4.78, 5) is 24.4. The molecule has 0 amide bonds. The molecule has 112 valence electrons. The summed E-state index contributed by atoms with van der Waals surface area (Å²) < 4.78 is 21.1. The molecule has 0 aromatic heterocycles. The lowest BCUT2D eigenvalue weighted by molar-refractivity contribution is -0.231. The highest BCUT2D eigenvalue weighted by Gasteiger charge is 2.54. The quantitative estimate of drug-likeness (QED) is 0.441. The SMILES string of the molecule is CCOC(=O)C1(C(=O)OCC)CC=C2CCCOC2O1. The summed E-state index contributed by atoms with van der Waals surface area (Å²) in [6.07, 6.45) is 3.07. The van der Waals surface area contributed by atoms with Crippen LogP contribution in [0.15, 0.2) is 11.6 Å². The molecule has 2 heterocycles. The highest BCUT2D eigenvalue weighted by Crippen LogP contribution is 2.35. The van der Waals surface area contributed by atoms with Gasteiger partial charge >= 0.3 is 11.9 Å². The van der Waals surface area contributed by atoms with E-state index in [1.54, 1.807) is 13.8 Å². The van der Waals surface area contributed by atoms with Crippen molar-refractivity contribution in [1.82, 2.24) is 0 Å². The summed E-state index contributed by atoms with van der Waals surface area (Å²) in [5.74, 6) is -1.44. The van der Waals surface area contributed by atoms with Gasteiger partial charge in [0, 0.05) is 6.42 Å². The number of hydrogen-bond acceptors (Lipinski definition) is 6. The molecule has 2 rings (SSSR count). The van der Waals surface area contributed by atoms with Crippen LogP contribution in [0.1, 0.15) is 33.1 Å². The minimum Gasteiger partial charge on any atom is -0.463 e. The topological polar surface area (TPSA) is 71.1 Å². The third kappa shape index (κ3) is 2.71. The second-order valence-corrected chi connectivity index (χ2v) is 4.68. The van der Waals surface area contributed by atoms with Gasteiger partial charge in [-0.1, -0.05) is 6.08 Å². The second kappa shape index (κ2) is 6.37. The maximum atomic E-state index is 12.2. The third-order valence-electron chi connectivity index (χ3n) is 3.35. The first-order valence-electron chi connectivity index (χ1n) is 6.96. The number of ether oxygens (including phenoxy) is 4. The fourth-order valence-electron chi connectivity index (χ4n) is 2.35. The van der Waals surface area contributed by atoms with Crippen molar-refractivity contribution in [3.63, 3.8) is 0 Å². The van der Waals surface area contributed by atoms with E-state index in [0.717, 1.165) is 18.4 Å². The van der Waals surface area contributed by atoms with Crippen molar-refractivity contribution < 1.29 is 28.5 Å². The zero-order valence-corrected chi connectivity index (χ0v) is 11.8. The van der Waals surface area contributed by atoms with Crippen LogP contribution in [0, 0.1) is 0 Å². The summed E-state index contributed by atoms with van der Waals surface area (Å²) in [5.41, 5.74) is -0.766. The Bertz CT molecular complexity index is 396. The van der Waals surface area contributed by atoms with Crippen molar-refractivity contribution in [3.8, 4) is 0 Å². The van der Waals surface area contributed by atoms with Gasteiger partial charge in [0.05, 0.1) is 19.8 Å². The van der Waals surface area contributed by atoms with Gasteiger partial charge in [0.25, 0.3) is 5.60 Å². The number of fused-ring (bicyclic) bond motifs is 1. The van der Waals surface area contributed by atoms with Crippen LogP contribution in [0.3, 0.4) is 0 Å². The molecular weight excluding hydrogens is 264 g/mol. The largest absolute Gasteiger partial charge is 0.463 e. The van der Waals surface area contributed by atoms with Crippen LogP contribution in [0.25, 0.3) is 0 Å². The van der Waals surface area contributed by atoms with E-state index in [1.165, 1.54) is 0 Å². The molecule has 0 aliphatic carbocycles. The van der Waals surface area contributed by atoms with E-state index in [9.17, 15) is 9.59 Å². The molecule has 1 saturated heterocycles. The smallest absolute Gasteiger partial charge is 0.350 e. The van der Waals surface area contributed by atoms with Gasteiger partial charge < -0.3 is 18.9 Å². The molecule has 2 aliphatic rings. The van der Waals surface area contributed by atoms with Gasteiger partial charge in [-0.25, -0.2) is 9.59 Å². The van der Waals surface area contributed by atoms with Gasteiger partial charge in [-0.15, -0.1) is 0 Å². The summed E-state index contributed by atoms with van der Waals surface area (Å²) in [7, 11) is 0. The Labute approximate surface area is 118 Å². The predicted octanol–water partition coefficient (Wildman–Crippen LogP) is 1.33. The maximum Gasteiger partial charge on any atom is 0.350 e. The first-order chi connectivity index (χ1) is 9.64. The third-order valence-corrected chi connectivity index (χ3v) is 3.35. The number of carbonyl (C=O) groups excluding carboxylic acids is 2. The molecule has 0 aromatic rings. The minimum atomic E-state index is -1.74. The van der Waals surface area contributed by atoms with Gasteiger partial charge in [0.1, 0.15) is 0 Å². The molecule has 6 heteroatoms. The predicted molar refractivity (Wildman–Crippen MR) is 68.8 cm³/mol. The zero-order chi connectivity index (χ0) is 14.6. The van der Waals surface area contributed by atoms with Crippen LogP contribution in [0.2, 0.25) is 0 Å². The molecule has 0 spiro atoms. The average molecular weight is 284 g/mol. The summed E-state index contributed by atoms with van der Waals surface area (Å²) in [5, 5.41) is 0. The fraction of sp³-hybridized carbons (Fsp3) is 0.714. The molecule has 1 fully saturated rings. The van der Waals surface area contributed by atoms with Gasteiger partial charge in [0.2, 0.25) is 0 Å². The molecule has 0 radical (unpaired) electrons. The standard InChI is InChI=1S/C14H20O6/c1-3-17-12(15)14(13(16)18-4-2)8-7-10-6-5-9-19-11(10)20-14/h7,11H,3-6,8-9H2,1-2H3. The molecule has 0 saturated carbocycles. The summed E-state index contributed by atoms with van der Waals surface area (Å²) in [6.45, 7) is 4.25. The Balaban J connectivity index is 2.26. The Morgan fingerprint density at radius 3 is 2.55 bits per heavy atom. The second-order valence-electron chi connectivity index (χ2n) is 4.68. The van der Waals surface area contributed by atoms with Crippen LogP contribution < -0.4 is 0 Å². The molecule has 0 bridgehead atoms. The van der Waals surface area contributed by atoms with Crippen molar-refractivity contribution in [2.45, 2.75) is 45.0 Å². The van der Waals surface area contributed by atoms with Crippen molar-refractivity contribution >= 4 is 11.9 Å². The van der Waals surface area contributed by atoms with Gasteiger partial charge in [-0.3, -0.25) is 0 Å². The molecule has 2 aliphatic heterocycles. The summed E-state index contributed by atoms with van der Waals surface area (Å²) >= 11 is 0. The maximum absolute atomic E-state index is 12.2. The lowest BCUT2D eigenvalue weighted by atomic mass is 9.92. The van der Waals surface area contributed by atoms with Gasteiger partial charge in [-0.05, 0) is 32.3 Å². The molecular formula is C14H20O6. The van der Waals surface area contributed by atoms with E-state index >= 15 is 0 Å². The van der Waals surface area contributed by atoms with Gasteiger partial charge in [-0.2, -0.15) is 0 Å². The Morgan fingerprint density at radius 2 is 1.95 bits per heavy atom. The number of esters is 2. The Morgan fingerprint density at radius 1 is 1.30 bits per heavy atom. The number of carbonyl (C=O) groups is 2. The highest BCUT2D eigenvalue weighted by molar-refractivity contribution is 6.04. The minimum absolute atomic E-state index is 0.125. The van der Waals surface area contributed by atoms with Crippen LogP contribution in [0.5, 0.6) is 0 Å². The lowest BCUT2D eigenvalue weighted by Crippen LogP contribution is -2.55. The van der Waals surface area contributed by atoms with E-state index in [2.05, 4.69) is 0 Å². The van der Waals surface area contributed by atoms with E-state index in [1.807, 2.05) is 6.08 Å². The molecule has 0 N–H and O–H groups in total. The van der Waals surface area contributed by atoms with E-state index < -0.39 is 23.8 Å². The van der Waals surface area contributed by atoms with Crippen molar-refractivity contribution in [1.29, 1.82) is 0 Å². The van der Waals surface area contributed by atoms with Crippen LogP contribution in [-0.4, -0.2) is 43.7 Å². The van der Waals surface area contributed by atoms with E-state index in [0.29, 0.717) is 6.61 Å². The van der Waals surface area contributed by atoms with Crippen molar-refractivity contribution in [2.24, 2.45) is 0 Å². The molecule has 0 aromatic carbocycles. The molecule has 6 nitrogen and oxygen atoms in total. The monoisotopic (exact) mass is 284 g/mol. The molecule has 1 atom stereocenters. The normalized spacial score (nSPS) is 24.3. The fourth-order valence-corrected chi connectivity index (χ4v) is 2.35. The molecule has 1 unspecified atom stereocenters. The van der Waals surface area contributed by atoms with E-state index in [-0.39, 0.29) is 19.6 Å². The molecule has 20 heavy (non-hydrogen) atoms. The van der Waals surface area contributed by atoms with Crippen LogP contribution >= 0.6 is 0 Å². The van der Waals surface area contributed by atoms with Crippen LogP contribution in [0.4, 0.5) is 0 Å². The first kappa shape index (κ1) is 15.0. The first-order valence-corrected chi connectivity index (χ1v) is 6.96. The van der Waals surface area contributed by atoms with Crippen molar-refractivity contribution in [2.75, 3.05) is 19.8 Å². The Kier molecular flexibility index (Phi) is 4.77. The van der Waals surface area contributed by atoms with Crippen molar-refractivity contribution in [3.05, 3.63) is 11.6 Å². The summed E-state index contributed by atoms with van der Waals surface area (Å²) in [6, 6.07) is 0. The number of rotatable bonds is 4. The average Bonchev–Trinajstić information content (AvgIpc) is 2.47.